The Labute approximate surface area is 129 Å². The van der Waals surface area contributed by atoms with E-state index >= 15 is 0 Å². The number of hydrogen-bond acceptors (Lipinski definition) is 4. The molecule has 2 aromatic rings. The highest BCUT2D eigenvalue weighted by Gasteiger charge is 2.16. The predicted octanol–water partition coefficient (Wildman–Crippen LogP) is 4.04. The number of carbonyl (C=O) groups is 1. The minimum atomic E-state index is -0.708. The summed E-state index contributed by atoms with van der Waals surface area (Å²) in [7, 11) is 0. The molecule has 2 rings (SSSR count). The maximum atomic E-state index is 14.1. The second kappa shape index (κ2) is 5.94. The first-order chi connectivity index (χ1) is 9.93. The van der Waals surface area contributed by atoms with Crippen molar-refractivity contribution in [2.75, 3.05) is 5.73 Å². The van der Waals surface area contributed by atoms with Crippen LogP contribution < -0.4 is 10.5 Å². The van der Waals surface area contributed by atoms with Gasteiger partial charge in [-0.05, 0) is 53.2 Å². The van der Waals surface area contributed by atoms with Crippen LogP contribution >= 0.6 is 15.9 Å². The molecule has 2 aromatic carbocycles. The summed E-state index contributed by atoms with van der Waals surface area (Å²) in [4.78, 5) is 11.6. The van der Waals surface area contributed by atoms with Crippen LogP contribution in [0.1, 0.15) is 22.8 Å². The van der Waals surface area contributed by atoms with Gasteiger partial charge in [0.2, 0.25) is 0 Å². The molecule has 0 aliphatic rings. The van der Waals surface area contributed by atoms with Gasteiger partial charge in [-0.1, -0.05) is 0 Å². The van der Waals surface area contributed by atoms with Gasteiger partial charge in [-0.15, -0.1) is 0 Å². The van der Waals surface area contributed by atoms with E-state index in [4.69, 9.17) is 15.7 Å². The molecule has 0 spiro atoms. The molecule has 0 amide bonds. The maximum absolute atomic E-state index is 14.1. The Balaban J connectivity index is 2.47. The Morgan fingerprint density at radius 1 is 1.33 bits per heavy atom. The SMILES string of the molecule is CC(=O)c1cc(N)ccc1Oc1ccc(C#N)c(Br)c1F. The van der Waals surface area contributed by atoms with Crippen molar-refractivity contribution >= 4 is 27.4 Å². The molecule has 0 saturated heterocycles. The van der Waals surface area contributed by atoms with Crippen molar-refractivity contribution in [1.82, 2.24) is 0 Å². The van der Waals surface area contributed by atoms with Crippen LogP contribution in [0.25, 0.3) is 0 Å². The Morgan fingerprint density at radius 2 is 2.00 bits per heavy atom. The molecule has 0 fully saturated rings. The number of hydrogen-bond donors (Lipinski definition) is 1. The lowest BCUT2D eigenvalue weighted by atomic mass is 10.1. The standard InChI is InChI=1S/C15H10BrFN2O2/c1-8(20)11-6-10(19)3-5-12(11)21-13-4-2-9(7-18)14(16)15(13)17/h2-6H,19H2,1H3. The van der Waals surface area contributed by atoms with Gasteiger partial charge in [-0.3, -0.25) is 4.79 Å². The molecule has 0 radical (unpaired) electrons. The van der Waals surface area contributed by atoms with Crippen LogP contribution in [0.15, 0.2) is 34.8 Å². The first kappa shape index (κ1) is 15.0. The highest BCUT2D eigenvalue weighted by atomic mass is 79.9. The van der Waals surface area contributed by atoms with E-state index in [9.17, 15) is 9.18 Å². The molecule has 0 saturated carbocycles. The summed E-state index contributed by atoms with van der Waals surface area (Å²) in [5.41, 5.74) is 6.45. The molecule has 0 heterocycles. The largest absolute Gasteiger partial charge is 0.453 e. The van der Waals surface area contributed by atoms with Crippen molar-refractivity contribution in [3.63, 3.8) is 0 Å². The van der Waals surface area contributed by atoms with E-state index in [0.29, 0.717) is 5.69 Å². The number of ether oxygens (including phenoxy) is 1. The van der Waals surface area contributed by atoms with Crippen molar-refractivity contribution in [3.8, 4) is 17.6 Å². The van der Waals surface area contributed by atoms with E-state index in [-0.39, 0.29) is 32.9 Å². The summed E-state index contributed by atoms with van der Waals surface area (Å²) < 4.78 is 19.6. The van der Waals surface area contributed by atoms with Gasteiger partial charge in [0.05, 0.1) is 15.6 Å². The van der Waals surface area contributed by atoms with Crippen LogP contribution in [-0.4, -0.2) is 5.78 Å². The van der Waals surface area contributed by atoms with Crippen molar-refractivity contribution in [3.05, 3.63) is 51.7 Å². The van der Waals surface area contributed by atoms with Gasteiger partial charge < -0.3 is 10.5 Å². The average Bonchev–Trinajstić information content (AvgIpc) is 2.45. The monoisotopic (exact) mass is 348 g/mol. The molecule has 0 aliphatic carbocycles. The van der Waals surface area contributed by atoms with Gasteiger partial charge in [-0.2, -0.15) is 5.26 Å². The Kier molecular flexibility index (Phi) is 4.24. The summed E-state index contributed by atoms with van der Waals surface area (Å²) in [6.45, 7) is 1.37. The van der Waals surface area contributed by atoms with Crippen molar-refractivity contribution in [2.45, 2.75) is 6.92 Å². The van der Waals surface area contributed by atoms with Crippen LogP contribution in [0.4, 0.5) is 10.1 Å². The number of benzene rings is 2. The lowest BCUT2D eigenvalue weighted by Crippen LogP contribution is -2.00. The lowest BCUT2D eigenvalue weighted by molar-refractivity contribution is 0.101. The number of nitrogens with zero attached hydrogens (tertiary/aromatic N) is 1. The summed E-state index contributed by atoms with van der Waals surface area (Å²) >= 11 is 3.00. The van der Waals surface area contributed by atoms with Gasteiger partial charge in [-0.25, -0.2) is 4.39 Å². The topological polar surface area (TPSA) is 76.1 Å². The number of carbonyl (C=O) groups excluding carboxylic acids is 1. The van der Waals surface area contributed by atoms with Crippen LogP contribution in [-0.2, 0) is 0 Å². The van der Waals surface area contributed by atoms with Crippen molar-refractivity contribution < 1.29 is 13.9 Å². The van der Waals surface area contributed by atoms with Crippen LogP contribution in [0, 0.1) is 17.1 Å². The number of ketones is 1. The van der Waals surface area contributed by atoms with Gasteiger partial charge in [0, 0.05) is 5.69 Å². The number of halogens is 2. The molecule has 0 atom stereocenters. The number of nitrogens with two attached hydrogens (primary N) is 1. The average molecular weight is 349 g/mol. The summed E-state index contributed by atoms with van der Waals surface area (Å²) in [5, 5.41) is 8.82. The molecule has 6 heteroatoms. The highest BCUT2D eigenvalue weighted by molar-refractivity contribution is 9.10. The lowest BCUT2D eigenvalue weighted by Gasteiger charge is -2.11. The van der Waals surface area contributed by atoms with Crippen molar-refractivity contribution in [1.29, 1.82) is 5.26 Å². The highest BCUT2D eigenvalue weighted by Crippen LogP contribution is 2.33. The van der Waals surface area contributed by atoms with Gasteiger partial charge in [0.1, 0.15) is 11.8 Å². The fraction of sp³-hybridized carbons (Fsp3) is 0.0667. The first-order valence-corrected chi connectivity index (χ1v) is 6.69. The van der Waals surface area contributed by atoms with Gasteiger partial charge in [0.25, 0.3) is 0 Å². The smallest absolute Gasteiger partial charge is 0.181 e. The van der Waals surface area contributed by atoms with E-state index < -0.39 is 5.82 Å². The zero-order valence-corrected chi connectivity index (χ0v) is 12.6. The number of nitrogen functional groups attached to an aromatic ring is 1. The van der Waals surface area contributed by atoms with Crippen LogP contribution in [0.3, 0.4) is 0 Å². The molecule has 0 bridgehead atoms. The number of rotatable bonds is 3. The molecule has 106 valence electrons. The first-order valence-electron chi connectivity index (χ1n) is 5.90. The van der Waals surface area contributed by atoms with Crippen LogP contribution in [0.5, 0.6) is 11.5 Å². The van der Waals surface area contributed by atoms with Crippen LogP contribution in [0.2, 0.25) is 0 Å². The Morgan fingerprint density at radius 3 is 2.62 bits per heavy atom. The number of Topliss-reactive ketones (excluding diaryl/α,β-unsaturated/α-hetero) is 1. The van der Waals surface area contributed by atoms with Gasteiger partial charge in [0.15, 0.2) is 17.3 Å². The molecule has 0 unspecified atom stereocenters. The predicted molar refractivity (Wildman–Crippen MR) is 79.7 cm³/mol. The third kappa shape index (κ3) is 3.03. The second-order valence-electron chi connectivity index (χ2n) is 4.26. The quantitative estimate of drug-likeness (QED) is 0.670. The third-order valence-electron chi connectivity index (χ3n) is 2.77. The van der Waals surface area contributed by atoms with E-state index in [1.54, 1.807) is 6.07 Å². The van der Waals surface area contributed by atoms with E-state index in [1.807, 2.05) is 6.07 Å². The van der Waals surface area contributed by atoms with E-state index in [1.165, 1.54) is 31.2 Å². The summed E-state index contributed by atoms with van der Waals surface area (Å²) in [6, 6.07) is 9.13. The molecule has 2 N–H and O–H groups in total. The fourth-order valence-electron chi connectivity index (χ4n) is 1.73. The molecule has 4 nitrogen and oxygen atoms in total. The minimum absolute atomic E-state index is 0.0160. The molecule has 0 aromatic heterocycles. The zero-order chi connectivity index (χ0) is 15.6. The Hall–Kier alpha value is -2.39. The molecule has 0 aliphatic heterocycles. The zero-order valence-electron chi connectivity index (χ0n) is 11.0. The van der Waals surface area contributed by atoms with Gasteiger partial charge >= 0.3 is 0 Å². The van der Waals surface area contributed by atoms with E-state index in [0.717, 1.165) is 0 Å². The third-order valence-corrected chi connectivity index (χ3v) is 3.55. The molecular weight excluding hydrogens is 339 g/mol. The van der Waals surface area contributed by atoms with Crippen molar-refractivity contribution in [2.24, 2.45) is 0 Å². The molecular formula is C15H10BrFN2O2. The second-order valence-corrected chi connectivity index (χ2v) is 5.06. The number of nitriles is 1. The van der Waals surface area contributed by atoms with E-state index in [2.05, 4.69) is 15.9 Å². The normalized spacial score (nSPS) is 10.0. The minimum Gasteiger partial charge on any atom is -0.453 e. The maximum Gasteiger partial charge on any atom is 0.181 e. The molecule has 21 heavy (non-hydrogen) atoms. The summed E-state index contributed by atoms with van der Waals surface area (Å²) in [5.74, 6) is -0.842. The fourth-order valence-corrected chi connectivity index (χ4v) is 2.14. The summed E-state index contributed by atoms with van der Waals surface area (Å²) in [6.07, 6.45) is 0. The Bertz CT molecular complexity index is 769. The number of anilines is 1.